The molecular weight excluding hydrogens is 248 g/mol. The lowest BCUT2D eigenvalue weighted by atomic mass is 9.90. The summed E-state index contributed by atoms with van der Waals surface area (Å²) >= 11 is 0. The number of nitrogens with zero attached hydrogens (tertiary/aromatic N) is 1. The van der Waals surface area contributed by atoms with Gasteiger partial charge in [0.1, 0.15) is 0 Å². The summed E-state index contributed by atoms with van der Waals surface area (Å²) in [5.74, 6) is 0.771. The molecule has 1 aliphatic rings. The van der Waals surface area contributed by atoms with Crippen molar-refractivity contribution in [3.63, 3.8) is 0 Å². The molecule has 2 N–H and O–H groups in total. The Morgan fingerprint density at radius 3 is 2.80 bits per heavy atom. The van der Waals surface area contributed by atoms with E-state index in [1.807, 2.05) is 0 Å². The van der Waals surface area contributed by atoms with Crippen LogP contribution < -0.4 is 5.32 Å². The standard InChI is InChI=1S/C17H28N2O/c1-14(16-8-10-19(2)11-9-16)18-17-7-3-5-15(13-17)6-4-12-20/h3,5,7,13-14,16,18,20H,4,6,8-12H2,1-2H3. The molecule has 20 heavy (non-hydrogen) atoms. The van der Waals surface area contributed by atoms with Crippen LogP contribution in [0.1, 0.15) is 31.7 Å². The van der Waals surface area contributed by atoms with Crippen molar-refractivity contribution in [2.24, 2.45) is 5.92 Å². The Morgan fingerprint density at radius 2 is 2.10 bits per heavy atom. The molecule has 0 aromatic heterocycles. The molecule has 2 rings (SSSR count). The summed E-state index contributed by atoms with van der Waals surface area (Å²) in [6.07, 6.45) is 4.37. The average molecular weight is 276 g/mol. The van der Waals surface area contributed by atoms with Crippen molar-refractivity contribution >= 4 is 5.69 Å². The molecule has 1 heterocycles. The summed E-state index contributed by atoms with van der Waals surface area (Å²) in [4.78, 5) is 2.42. The van der Waals surface area contributed by atoms with Gasteiger partial charge >= 0.3 is 0 Å². The lowest BCUT2D eigenvalue weighted by Crippen LogP contribution is -2.37. The molecule has 3 nitrogen and oxygen atoms in total. The maximum Gasteiger partial charge on any atom is 0.0434 e. The quantitative estimate of drug-likeness (QED) is 0.838. The number of aliphatic hydroxyl groups is 1. The van der Waals surface area contributed by atoms with E-state index in [1.165, 1.54) is 37.2 Å². The second kappa shape index (κ2) is 7.65. The average Bonchev–Trinajstić information content (AvgIpc) is 2.46. The predicted molar refractivity (Wildman–Crippen MR) is 85.2 cm³/mol. The molecule has 1 atom stereocenters. The van der Waals surface area contributed by atoms with Gasteiger partial charge in [0.25, 0.3) is 0 Å². The molecule has 112 valence electrons. The van der Waals surface area contributed by atoms with Gasteiger partial charge in [-0.05, 0) is 76.4 Å². The third kappa shape index (κ3) is 4.50. The Balaban J connectivity index is 1.88. The van der Waals surface area contributed by atoms with Crippen LogP contribution in [0.3, 0.4) is 0 Å². The van der Waals surface area contributed by atoms with Gasteiger partial charge in [0.15, 0.2) is 0 Å². The molecule has 1 aliphatic heterocycles. The molecular formula is C17H28N2O. The lowest BCUT2D eigenvalue weighted by molar-refractivity contribution is 0.208. The normalized spacial score (nSPS) is 18.9. The topological polar surface area (TPSA) is 35.5 Å². The highest BCUT2D eigenvalue weighted by Gasteiger charge is 2.22. The number of piperidine rings is 1. The number of nitrogens with one attached hydrogen (secondary N) is 1. The summed E-state index contributed by atoms with van der Waals surface area (Å²) in [5.41, 5.74) is 2.52. The number of aliphatic hydroxyl groups excluding tert-OH is 1. The first-order chi connectivity index (χ1) is 9.69. The van der Waals surface area contributed by atoms with Gasteiger partial charge in [0.2, 0.25) is 0 Å². The van der Waals surface area contributed by atoms with Crippen LogP contribution in [0, 0.1) is 5.92 Å². The molecule has 3 heteroatoms. The van der Waals surface area contributed by atoms with Gasteiger partial charge in [0, 0.05) is 18.3 Å². The van der Waals surface area contributed by atoms with Crippen molar-refractivity contribution in [2.75, 3.05) is 32.1 Å². The molecule has 0 amide bonds. The Morgan fingerprint density at radius 1 is 1.35 bits per heavy atom. The van der Waals surface area contributed by atoms with E-state index in [0.29, 0.717) is 6.04 Å². The molecule has 0 radical (unpaired) electrons. The van der Waals surface area contributed by atoms with Crippen LogP contribution in [0.15, 0.2) is 24.3 Å². The zero-order chi connectivity index (χ0) is 14.4. The molecule has 1 aromatic carbocycles. The monoisotopic (exact) mass is 276 g/mol. The van der Waals surface area contributed by atoms with Crippen molar-refractivity contribution in [2.45, 2.75) is 38.6 Å². The number of likely N-dealkylation sites (tertiary alicyclic amines) is 1. The number of benzene rings is 1. The first-order valence-electron chi connectivity index (χ1n) is 7.84. The Bertz CT molecular complexity index is 400. The van der Waals surface area contributed by atoms with Gasteiger partial charge in [0.05, 0.1) is 0 Å². The Kier molecular flexibility index (Phi) is 5.86. The highest BCUT2D eigenvalue weighted by atomic mass is 16.2. The molecule has 0 aliphatic carbocycles. The van der Waals surface area contributed by atoms with Crippen molar-refractivity contribution in [3.05, 3.63) is 29.8 Å². The number of hydrogen-bond acceptors (Lipinski definition) is 3. The number of anilines is 1. The third-order valence-corrected chi connectivity index (χ3v) is 4.42. The van der Waals surface area contributed by atoms with Gasteiger partial charge in [-0.15, -0.1) is 0 Å². The van der Waals surface area contributed by atoms with Crippen LogP contribution in [0.2, 0.25) is 0 Å². The molecule has 0 bridgehead atoms. The van der Waals surface area contributed by atoms with Crippen LogP contribution in [0.25, 0.3) is 0 Å². The highest BCUT2D eigenvalue weighted by molar-refractivity contribution is 5.46. The first kappa shape index (κ1) is 15.3. The van der Waals surface area contributed by atoms with E-state index in [4.69, 9.17) is 5.11 Å². The zero-order valence-electron chi connectivity index (χ0n) is 12.8. The molecule has 1 unspecified atom stereocenters. The summed E-state index contributed by atoms with van der Waals surface area (Å²) in [5, 5.41) is 12.6. The smallest absolute Gasteiger partial charge is 0.0434 e. The van der Waals surface area contributed by atoms with Gasteiger partial charge in [-0.1, -0.05) is 12.1 Å². The Hall–Kier alpha value is -1.06. The lowest BCUT2D eigenvalue weighted by Gasteiger charge is -2.33. The predicted octanol–water partition coefficient (Wildman–Crippen LogP) is 2.75. The van der Waals surface area contributed by atoms with Crippen LogP contribution in [-0.4, -0.2) is 42.8 Å². The fraction of sp³-hybridized carbons (Fsp3) is 0.647. The molecule has 0 spiro atoms. The van der Waals surface area contributed by atoms with E-state index in [-0.39, 0.29) is 6.61 Å². The van der Waals surface area contributed by atoms with E-state index in [9.17, 15) is 0 Å². The summed E-state index contributed by atoms with van der Waals surface area (Å²) in [6.45, 7) is 5.00. The Labute approximate surface area is 123 Å². The van der Waals surface area contributed by atoms with Crippen molar-refractivity contribution in [1.29, 1.82) is 0 Å². The van der Waals surface area contributed by atoms with E-state index in [1.54, 1.807) is 0 Å². The van der Waals surface area contributed by atoms with E-state index in [2.05, 4.69) is 48.5 Å². The van der Waals surface area contributed by atoms with Crippen LogP contribution in [-0.2, 0) is 6.42 Å². The number of hydrogen-bond donors (Lipinski definition) is 2. The molecule has 1 fully saturated rings. The third-order valence-electron chi connectivity index (χ3n) is 4.42. The fourth-order valence-corrected chi connectivity index (χ4v) is 3.01. The second-order valence-corrected chi connectivity index (χ2v) is 6.10. The van der Waals surface area contributed by atoms with Crippen LogP contribution in [0.4, 0.5) is 5.69 Å². The van der Waals surface area contributed by atoms with Gasteiger partial charge < -0.3 is 15.3 Å². The van der Waals surface area contributed by atoms with Crippen molar-refractivity contribution < 1.29 is 5.11 Å². The minimum atomic E-state index is 0.268. The maximum atomic E-state index is 8.91. The van der Waals surface area contributed by atoms with Crippen molar-refractivity contribution in [3.8, 4) is 0 Å². The minimum absolute atomic E-state index is 0.268. The van der Waals surface area contributed by atoms with Gasteiger partial charge in [-0.2, -0.15) is 0 Å². The minimum Gasteiger partial charge on any atom is -0.396 e. The van der Waals surface area contributed by atoms with E-state index < -0.39 is 0 Å². The van der Waals surface area contributed by atoms with Crippen LogP contribution >= 0.6 is 0 Å². The summed E-state index contributed by atoms with van der Waals surface area (Å²) in [7, 11) is 2.21. The zero-order valence-corrected chi connectivity index (χ0v) is 12.8. The molecule has 1 saturated heterocycles. The van der Waals surface area contributed by atoms with Crippen molar-refractivity contribution in [1.82, 2.24) is 4.90 Å². The van der Waals surface area contributed by atoms with Crippen LogP contribution in [0.5, 0.6) is 0 Å². The fourth-order valence-electron chi connectivity index (χ4n) is 3.01. The molecule has 1 aromatic rings. The molecule has 0 saturated carbocycles. The highest BCUT2D eigenvalue weighted by Crippen LogP contribution is 2.23. The maximum absolute atomic E-state index is 8.91. The summed E-state index contributed by atoms with van der Waals surface area (Å²) < 4.78 is 0. The largest absolute Gasteiger partial charge is 0.396 e. The number of aryl methyl sites for hydroxylation is 1. The second-order valence-electron chi connectivity index (χ2n) is 6.10. The SMILES string of the molecule is CC(Nc1cccc(CCCO)c1)C1CCN(C)CC1. The van der Waals surface area contributed by atoms with E-state index >= 15 is 0 Å². The van der Waals surface area contributed by atoms with E-state index in [0.717, 1.165) is 18.8 Å². The first-order valence-corrected chi connectivity index (χ1v) is 7.84. The van der Waals surface area contributed by atoms with Gasteiger partial charge in [-0.3, -0.25) is 0 Å². The van der Waals surface area contributed by atoms with Gasteiger partial charge in [-0.25, -0.2) is 0 Å². The summed E-state index contributed by atoms with van der Waals surface area (Å²) in [6, 6.07) is 9.14. The number of rotatable bonds is 6.